The number of amides is 1. The maximum absolute atomic E-state index is 12.6. The second-order valence-electron chi connectivity index (χ2n) is 8.21. The summed E-state index contributed by atoms with van der Waals surface area (Å²) in [6.07, 6.45) is 2.04. The molecule has 0 radical (unpaired) electrons. The summed E-state index contributed by atoms with van der Waals surface area (Å²) in [4.78, 5) is 12.6. The first-order chi connectivity index (χ1) is 11.3. The van der Waals surface area contributed by atoms with Crippen molar-refractivity contribution >= 4 is 23.9 Å². The molecule has 0 aliphatic carbocycles. The van der Waals surface area contributed by atoms with E-state index in [1.807, 2.05) is 57.5 Å². The second kappa shape index (κ2) is 10.1. The molecule has 0 bridgehead atoms. The van der Waals surface area contributed by atoms with E-state index in [1.165, 1.54) is 0 Å². The van der Waals surface area contributed by atoms with Crippen LogP contribution >= 0.6 is 9.69 Å². The molecule has 1 atom stereocenters. The van der Waals surface area contributed by atoms with Crippen molar-refractivity contribution < 1.29 is 26.5 Å². The molecule has 3 nitrogen and oxygen atoms in total. The Labute approximate surface area is 169 Å². The average molecular weight is 435 g/mol. The van der Waals surface area contributed by atoms with E-state index >= 15 is 0 Å². The molecule has 0 spiro atoms. The Morgan fingerprint density at radius 2 is 1.64 bits per heavy atom. The maximum atomic E-state index is 12.6. The van der Waals surface area contributed by atoms with Crippen molar-refractivity contribution in [3.05, 3.63) is 42.3 Å². The zero-order chi connectivity index (χ0) is 19.9. The van der Waals surface area contributed by atoms with Crippen molar-refractivity contribution in [2.24, 2.45) is 0 Å². The third-order valence-electron chi connectivity index (χ3n) is 4.46. The molecule has 6 heteroatoms. The van der Waals surface area contributed by atoms with Gasteiger partial charge in [0.2, 0.25) is 5.91 Å². The molecule has 25 heavy (non-hydrogen) atoms. The van der Waals surface area contributed by atoms with Gasteiger partial charge >= 0.3 is 27.0 Å². The Balaban J connectivity index is 0.00000277. The van der Waals surface area contributed by atoms with Gasteiger partial charge in [-0.15, -0.1) is 12.1 Å². The summed E-state index contributed by atoms with van der Waals surface area (Å²) in [6, 6.07) is 9.97. The molecule has 0 heterocycles. The molecule has 0 saturated heterocycles. The van der Waals surface area contributed by atoms with Gasteiger partial charge in [-0.05, 0) is 32.0 Å². The van der Waals surface area contributed by atoms with E-state index in [-0.39, 0.29) is 17.0 Å². The fourth-order valence-corrected chi connectivity index (χ4v) is 3.79. The van der Waals surface area contributed by atoms with Crippen LogP contribution in [0.2, 0.25) is 18.1 Å². The number of hydrogen-bond acceptors (Lipinski definition) is 2. The van der Waals surface area contributed by atoms with Gasteiger partial charge in [0, 0.05) is 6.04 Å². The summed E-state index contributed by atoms with van der Waals surface area (Å²) < 4.78 is 6.32. The van der Waals surface area contributed by atoms with Crippen molar-refractivity contribution in [3.8, 4) is 0 Å². The number of carbonyl (C=O) groups is 1. The fourth-order valence-electron chi connectivity index (χ4n) is 2.11. The van der Waals surface area contributed by atoms with Gasteiger partial charge < -0.3 is 9.74 Å². The van der Waals surface area contributed by atoms with Crippen LogP contribution in [-0.2, 0) is 26.5 Å². The van der Waals surface area contributed by atoms with Gasteiger partial charge in [0.05, 0.1) is 0 Å². The van der Waals surface area contributed by atoms with Crippen molar-refractivity contribution in [2.75, 3.05) is 0 Å². The van der Waals surface area contributed by atoms with Crippen molar-refractivity contribution in [1.29, 1.82) is 0 Å². The topological polar surface area (TPSA) is 38.3 Å². The molecule has 1 N–H and O–H groups in total. The predicted molar refractivity (Wildman–Crippen MR) is 106 cm³/mol. The molecule has 1 amide bonds. The molecule has 0 aliphatic rings. The van der Waals surface area contributed by atoms with Crippen LogP contribution in [-0.4, -0.2) is 25.9 Å². The van der Waals surface area contributed by atoms with Crippen molar-refractivity contribution in [1.82, 2.24) is 5.32 Å². The summed E-state index contributed by atoms with van der Waals surface area (Å²) >= 11 is 0.847. The van der Waals surface area contributed by atoms with Crippen LogP contribution in [0.4, 0.5) is 0 Å². The first-order valence-electron chi connectivity index (χ1n) is 8.53. The summed E-state index contributed by atoms with van der Waals surface area (Å²) in [5.74, 6) is -0.0676. The minimum atomic E-state index is -2.00. The summed E-state index contributed by atoms with van der Waals surface area (Å²) in [7, 11) is 2.76. The first kappa shape index (κ1) is 24.7. The van der Waals surface area contributed by atoms with Crippen molar-refractivity contribution in [2.45, 2.75) is 71.3 Å². The summed E-state index contributed by atoms with van der Waals surface area (Å²) in [6.45, 7) is 16.6. The van der Waals surface area contributed by atoms with Gasteiger partial charge in [0.25, 0.3) is 0 Å². The summed E-state index contributed by atoms with van der Waals surface area (Å²) in [5.41, 5.74) is 0.269. The van der Waals surface area contributed by atoms with Crippen LogP contribution in [0.3, 0.4) is 0 Å². The van der Waals surface area contributed by atoms with Gasteiger partial charge in [0.1, 0.15) is 5.60 Å². The fraction of sp³-hybridized carbons (Fsp3) is 0.579. The molecule has 1 aromatic rings. The van der Waals surface area contributed by atoms with Gasteiger partial charge in [-0.25, -0.2) is 0 Å². The molecular weight excluding hydrogens is 403 g/mol. The quantitative estimate of drug-likeness (QED) is 0.491. The molecule has 0 fully saturated rings. The summed E-state index contributed by atoms with van der Waals surface area (Å²) in [5, 5.41) is 3.12. The van der Waals surface area contributed by atoms with Gasteiger partial charge in [0.15, 0.2) is 8.32 Å². The van der Waals surface area contributed by atoms with Crippen LogP contribution in [0.5, 0.6) is 0 Å². The van der Waals surface area contributed by atoms with E-state index in [1.54, 1.807) is 0 Å². The number of benzene rings is 1. The molecule has 138 valence electrons. The SMILES string of the molecule is CC([CH-]c1ccccc1)NC(=O)C(C)(C)O[Si](C)(C)C(C)(C)C.[Cl][Zn+]. The predicted octanol–water partition coefficient (Wildman–Crippen LogP) is 5.23. The third-order valence-corrected chi connectivity index (χ3v) is 9.10. The minimum absolute atomic E-state index is 0.0489. The molecule has 1 aromatic carbocycles. The van der Waals surface area contributed by atoms with Crippen molar-refractivity contribution in [3.63, 3.8) is 0 Å². The van der Waals surface area contributed by atoms with Crippen LogP contribution in [0, 0.1) is 6.42 Å². The zero-order valence-electron chi connectivity index (χ0n) is 16.9. The van der Waals surface area contributed by atoms with Gasteiger partial charge in [-0.2, -0.15) is 24.1 Å². The number of carbonyl (C=O) groups excluding carboxylic acids is 1. The van der Waals surface area contributed by atoms with Crippen LogP contribution in [0.1, 0.15) is 47.1 Å². The van der Waals surface area contributed by atoms with E-state index in [4.69, 9.17) is 14.1 Å². The third kappa shape index (κ3) is 8.25. The van der Waals surface area contributed by atoms with Gasteiger partial charge in [-0.3, -0.25) is 4.79 Å². The number of nitrogens with one attached hydrogen (secondary N) is 1. The Kier molecular flexibility index (Phi) is 9.96. The second-order valence-corrected chi connectivity index (χ2v) is 12.9. The molecular formula is C19H32ClNO2SiZn. The number of hydrogen-bond donors (Lipinski definition) is 1. The van der Waals surface area contributed by atoms with Crippen LogP contribution in [0.15, 0.2) is 30.3 Å². The Morgan fingerprint density at radius 3 is 2.08 bits per heavy atom. The zero-order valence-corrected chi connectivity index (χ0v) is 21.7. The van der Waals surface area contributed by atoms with Gasteiger partial charge in [-0.1, -0.05) is 33.8 Å². The van der Waals surface area contributed by atoms with Crippen LogP contribution < -0.4 is 5.32 Å². The first-order valence-corrected chi connectivity index (χ1v) is 15.3. The Hall–Kier alpha value is -0.350. The Morgan fingerprint density at radius 1 is 1.16 bits per heavy atom. The van der Waals surface area contributed by atoms with Crippen LogP contribution in [0.25, 0.3) is 0 Å². The normalized spacial score (nSPS) is 13.4. The molecule has 1 unspecified atom stereocenters. The average Bonchev–Trinajstić information content (AvgIpc) is 2.48. The molecule has 0 aromatic heterocycles. The Bertz CT molecular complexity index is 530. The monoisotopic (exact) mass is 433 g/mol. The van der Waals surface area contributed by atoms with E-state index in [0.29, 0.717) is 0 Å². The van der Waals surface area contributed by atoms with E-state index in [2.05, 4.69) is 39.2 Å². The van der Waals surface area contributed by atoms with E-state index in [0.717, 1.165) is 22.9 Å². The number of halogens is 1. The molecule has 1 rings (SSSR count). The number of rotatable bonds is 6. The van der Waals surface area contributed by atoms with E-state index in [9.17, 15) is 4.79 Å². The van der Waals surface area contributed by atoms with E-state index < -0.39 is 13.9 Å². The standard InChI is InChI=1S/C19H32NO2Si.ClH.Zn/c1-15(14-16-12-10-9-11-13-16)20-17(21)19(5,6)22-23(7,8)18(2,3)4;;/h9-15H,1-8H3,(H,20,21);1H;/q-1;;+2/p-1. The molecule has 0 aliphatic heterocycles. The molecule has 0 saturated carbocycles.